The molecule has 0 atom stereocenters. The Kier molecular flexibility index (Phi) is 3.60. The second kappa shape index (κ2) is 5.53. The Morgan fingerprint density at radius 3 is 3.16 bits per heavy atom. The van der Waals surface area contributed by atoms with Crippen LogP contribution in [0.5, 0.6) is 0 Å². The van der Waals surface area contributed by atoms with Crippen molar-refractivity contribution in [2.24, 2.45) is 0 Å². The first-order chi connectivity index (χ1) is 9.36. The van der Waals surface area contributed by atoms with Crippen molar-refractivity contribution >= 4 is 0 Å². The molecule has 0 amide bonds. The van der Waals surface area contributed by atoms with E-state index < -0.39 is 0 Å². The van der Waals surface area contributed by atoms with Crippen LogP contribution in [-0.4, -0.2) is 28.0 Å². The van der Waals surface area contributed by atoms with Gasteiger partial charge in [-0.25, -0.2) is 9.97 Å². The minimum Gasteiger partial charge on any atom is -0.461 e. The van der Waals surface area contributed by atoms with Gasteiger partial charge in [-0.15, -0.1) is 0 Å². The van der Waals surface area contributed by atoms with E-state index in [1.54, 1.807) is 6.26 Å². The molecule has 2 aromatic heterocycles. The van der Waals surface area contributed by atoms with Gasteiger partial charge in [-0.05, 0) is 37.1 Å². The summed E-state index contributed by atoms with van der Waals surface area (Å²) in [4.78, 5) is 11.5. The molecule has 4 nitrogen and oxygen atoms in total. The maximum absolute atomic E-state index is 5.36. The van der Waals surface area contributed by atoms with E-state index in [-0.39, 0.29) is 0 Å². The Morgan fingerprint density at radius 1 is 1.42 bits per heavy atom. The normalized spacial score (nSPS) is 15.4. The predicted octanol–water partition coefficient (Wildman–Crippen LogP) is 2.89. The highest BCUT2D eigenvalue weighted by Crippen LogP contribution is 2.21. The fourth-order valence-electron chi connectivity index (χ4n) is 2.45. The molecule has 0 saturated carbocycles. The Bertz CT molecular complexity index is 536. The van der Waals surface area contributed by atoms with Crippen molar-refractivity contribution in [3.8, 4) is 11.6 Å². The molecule has 4 heteroatoms. The van der Waals surface area contributed by atoms with Crippen molar-refractivity contribution in [3.05, 3.63) is 35.9 Å². The first-order valence-electron chi connectivity index (χ1n) is 6.98. The summed E-state index contributed by atoms with van der Waals surface area (Å²) in [6.45, 7) is 5.45. The molecule has 0 aliphatic carbocycles. The Balaban J connectivity index is 1.80. The molecular formula is C15H19N3O. The van der Waals surface area contributed by atoms with Gasteiger partial charge in [0.1, 0.15) is 0 Å². The third-order valence-corrected chi connectivity index (χ3v) is 3.59. The van der Waals surface area contributed by atoms with Crippen LogP contribution in [0.4, 0.5) is 0 Å². The average molecular weight is 257 g/mol. The summed E-state index contributed by atoms with van der Waals surface area (Å²) in [7, 11) is 0. The lowest BCUT2D eigenvalue weighted by Gasteiger charge is -2.27. The molecule has 3 heterocycles. The number of rotatable bonds is 4. The number of unbranched alkanes of at least 4 members (excludes halogenated alkanes) is 1. The molecule has 0 radical (unpaired) electrons. The fourth-order valence-corrected chi connectivity index (χ4v) is 2.45. The van der Waals surface area contributed by atoms with Gasteiger partial charge in [-0.2, -0.15) is 0 Å². The molecule has 0 fully saturated rings. The summed E-state index contributed by atoms with van der Waals surface area (Å²) < 4.78 is 5.36. The minimum absolute atomic E-state index is 0.695. The lowest BCUT2D eigenvalue weighted by molar-refractivity contribution is 0.246. The summed E-state index contributed by atoms with van der Waals surface area (Å²) in [5, 5.41) is 0. The van der Waals surface area contributed by atoms with E-state index in [0.29, 0.717) is 5.82 Å². The van der Waals surface area contributed by atoms with Gasteiger partial charge in [0.2, 0.25) is 0 Å². The van der Waals surface area contributed by atoms with Crippen LogP contribution in [0.3, 0.4) is 0 Å². The molecule has 1 aliphatic rings. The van der Waals surface area contributed by atoms with Gasteiger partial charge in [0, 0.05) is 19.3 Å². The maximum Gasteiger partial charge on any atom is 0.195 e. The van der Waals surface area contributed by atoms with E-state index in [0.717, 1.165) is 37.5 Å². The highest BCUT2D eigenvalue weighted by atomic mass is 16.3. The lowest BCUT2D eigenvalue weighted by atomic mass is 10.1. The van der Waals surface area contributed by atoms with Crippen LogP contribution in [0, 0.1) is 0 Å². The minimum atomic E-state index is 0.695. The standard InChI is InChI=1S/C15H19N3O/c1-2-3-7-18-8-6-12-10-16-15(17-13(12)11-18)14-5-4-9-19-14/h4-5,9-10H,2-3,6-8,11H2,1H3. The monoisotopic (exact) mass is 257 g/mol. The Morgan fingerprint density at radius 2 is 2.37 bits per heavy atom. The SMILES string of the molecule is CCCCN1CCc2cnc(-c3ccco3)nc2C1. The van der Waals surface area contributed by atoms with E-state index in [9.17, 15) is 0 Å². The molecule has 0 aromatic carbocycles. The Hall–Kier alpha value is -1.68. The number of furan rings is 1. The predicted molar refractivity (Wildman–Crippen MR) is 73.6 cm³/mol. The van der Waals surface area contributed by atoms with Gasteiger partial charge in [0.05, 0.1) is 12.0 Å². The third kappa shape index (κ3) is 2.68. The van der Waals surface area contributed by atoms with E-state index in [4.69, 9.17) is 4.42 Å². The fraction of sp³-hybridized carbons (Fsp3) is 0.467. The number of nitrogens with zero attached hydrogens (tertiary/aromatic N) is 3. The summed E-state index contributed by atoms with van der Waals surface area (Å²) >= 11 is 0. The molecule has 1 aliphatic heterocycles. The van der Waals surface area contributed by atoms with Crippen LogP contribution in [0.25, 0.3) is 11.6 Å². The van der Waals surface area contributed by atoms with Gasteiger partial charge in [-0.3, -0.25) is 4.90 Å². The second-order valence-corrected chi connectivity index (χ2v) is 5.02. The number of hydrogen-bond acceptors (Lipinski definition) is 4. The zero-order valence-corrected chi connectivity index (χ0v) is 11.3. The molecule has 0 unspecified atom stereocenters. The van der Waals surface area contributed by atoms with Gasteiger partial charge < -0.3 is 4.42 Å². The highest BCUT2D eigenvalue weighted by Gasteiger charge is 2.18. The highest BCUT2D eigenvalue weighted by molar-refractivity contribution is 5.46. The molecular weight excluding hydrogens is 238 g/mol. The zero-order chi connectivity index (χ0) is 13.1. The first kappa shape index (κ1) is 12.4. The van der Waals surface area contributed by atoms with E-state index in [1.165, 1.54) is 18.4 Å². The number of fused-ring (bicyclic) bond motifs is 1. The summed E-state index contributed by atoms with van der Waals surface area (Å²) in [6, 6.07) is 3.77. The van der Waals surface area contributed by atoms with Crippen molar-refractivity contribution in [1.82, 2.24) is 14.9 Å². The second-order valence-electron chi connectivity index (χ2n) is 5.02. The van der Waals surface area contributed by atoms with Crippen LogP contribution in [0.15, 0.2) is 29.0 Å². The Labute approximate surface area is 113 Å². The quantitative estimate of drug-likeness (QED) is 0.844. The largest absolute Gasteiger partial charge is 0.461 e. The molecule has 100 valence electrons. The molecule has 0 saturated heterocycles. The van der Waals surface area contributed by atoms with Crippen LogP contribution in [0.2, 0.25) is 0 Å². The van der Waals surface area contributed by atoms with Gasteiger partial charge in [-0.1, -0.05) is 13.3 Å². The molecule has 19 heavy (non-hydrogen) atoms. The van der Waals surface area contributed by atoms with Gasteiger partial charge in [0.25, 0.3) is 0 Å². The van der Waals surface area contributed by atoms with Gasteiger partial charge >= 0.3 is 0 Å². The van der Waals surface area contributed by atoms with Crippen LogP contribution < -0.4 is 0 Å². The first-order valence-corrected chi connectivity index (χ1v) is 6.98. The lowest BCUT2D eigenvalue weighted by Crippen LogP contribution is -2.32. The number of hydrogen-bond donors (Lipinski definition) is 0. The van der Waals surface area contributed by atoms with Crippen molar-refractivity contribution in [2.75, 3.05) is 13.1 Å². The van der Waals surface area contributed by atoms with Crippen LogP contribution >= 0.6 is 0 Å². The summed E-state index contributed by atoms with van der Waals surface area (Å²) in [5.74, 6) is 1.44. The smallest absolute Gasteiger partial charge is 0.195 e. The molecule has 2 aromatic rings. The zero-order valence-electron chi connectivity index (χ0n) is 11.3. The van der Waals surface area contributed by atoms with Crippen LogP contribution in [0.1, 0.15) is 31.0 Å². The topological polar surface area (TPSA) is 42.2 Å². The van der Waals surface area contributed by atoms with E-state index in [2.05, 4.69) is 21.8 Å². The van der Waals surface area contributed by atoms with Crippen molar-refractivity contribution < 1.29 is 4.42 Å². The van der Waals surface area contributed by atoms with Gasteiger partial charge in [0.15, 0.2) is 11.6 Å². The summed E-state index contributed by atoms with van der Waals surface area (Å²) in [6.07, 6.45) is 7.16. The summed E-state index contributed by atoms with van der Waals surface area (Å²) in [5.41, 5.74) is 2.44. The molecule has 0 spiro atoms. The maximum atomic E-state index is 5.36. The van der Waals surface area contributed by atoms with E-state index in [1.807, 2.05) is 18.3 Å². The van der Waals surface area contributed by atoms with Crippen molar-refractivity contribution in [3.63, 3.8) is 0 Å². The van der Waals surface area contributed by atoms with Crippen molar-refractivity contribution in [1.29, 1.82) is 0 Å². The third-order valence-electron chi connectivity index (χ3n) is 3.59. The van der Waals surface area contributed by atoms with E-state index >= 15 is 0 Å². The average Bonchev–Trinajstić information content (AvgIpc) is 2.98. The molecule has 0 bridgehead atoms. The molecule has 0 N–H and O–H groups in total. The number of aromatic nitrogens is 2. The van der Waals surface area contributed by atoms with Crippen LogP contribution in [-0.2, 0) is 13.0 Å². The molecule has 3 rings (SSSR count). The van der Waals surface area contributed by atoms with Crippen molar-refractivity contribution in [2.45, 2.75) is 32.7 Å².